The average Bonchev–Trinajstić information content (AvgIpc) is 2.55. The van der Waals surface area contributed by atoms with Gasteiger partial charge < -0.3 is 10.3 Å². The number of aromatic nitrogens is 2. The van der Waals surface area contributed by atoms with E-state index in [1.807, 2.05) is 13.0 Å². The third kappa shape index (κ3) is 2.69. The SMILES string of the molecule is CC(=O)CC(=O)Nc1ccc2nc(C)[nH]c2c1. The van der Waals surface area contributed by atoms with Gasteiger partial charge in [0.2, 0.25) is 5.91 Å². The van der Waals surface area contributed by atoms with E-state index in [2.05, 4.69) is 15.3 Å². The smallest absolute Gasteiger partial charge is 0.231 e. The van der Waals surface area contributed by atoms with Crippen LogP contribution >= 0.6 is 0 Å². The van der Waals surface area contributed by atoms with Gasteiger partial charge in [0.05, 0.1) is 17.5 Å². The second kappa shape index (κ2) is 4.37. The fourth-order valence-corrected chi connectivity index (χ4v) is 1.65. The molecule has 1 aromatic heterocycles. The number of Topliss-reactive ketones (excluding diaryl/α,β-unsaturated/α-hetero) is 1. The Bertz CT molecular complexity index is 586. The van der Waals surface area contributed by atoms with Crippen LogP contribution in [0.3, 0.4) is 0 Å². The number of nitrogens with zero attached hydrogens (tertiary/aromatic N) is 1. The van der Waals surface area contributed by atoms with Crippen LogP contribution in [0, 0.1) is 6.92 Å². The fourth-order valence-electron chi connectivity index (χ4n) is 1.65. The minimum Gasteiger partial charge on any atom is -0.342 e. The number of fused-ring (bicyclic) bond motifs is 1. The van der Waals surface area contributed by atoms with Crippen LogP contribution in [0.2, 0.25) is 0 Å². The van der Waals surface area contributed by atoms with Gasteiger partial charge in [-0.25, -0.2) is 4.98 Å². The van der Waals surface area contributed by atoms with Crippen molar-refractivity contribution in [2.45, 2.75) is 20.3 Å². The summed E-state index contributed by atoms with van der Waals surface area (Å²) in [6, 6.07) is 5.39. The van der Waals surface area contributed by atoms with Crippen LogP contribution in [0.15, 0.2) is 18.2 Å². The first-order chi connectivity index (χ1) is 8.04. The van der Waals surface area contributed by atoms with Crippen molar-refractivity contribution in [2.24, 2.45) is 0 Å². The summed E-state index contributed by atoms with van der Waals surface area (Å²) in [7, 11) is 0. The summed E-state index contributed by atoms with van der Waals surface area (Å²) in [6.45, 7) is 3.26. The van der Waals surface area contributed by atoms with Gasteiger partial charge in [0.15, 0.2) is 0 Å². The number of aryl methyl sites for hydroxylation is 1. The van der Waals surface area contributed by atoms with Gasteiger partial charge in [0, 0.05) is 5.69 Å². The van der Waals surface area contributed by atoms with Crippen molar-refractivity contribution in [3.63, 3.8) is 0 Å². The maximum atomic E-state index is 11.4. The number of H-pyrrole nitrogens is 1. The quantitative estimate of drug-likeness (QED) is 0.791. The Kier molecular flexibility index (Phi) is 2.91. The Balaban J connectivity index is 2.19. The van der Waals surface area contributed by atoms with Gasteiger partial charge in [-0.3, -0.25) is 9.59 Å². The first-order valence-corrected chi connectivity index (χ1v) is 5.30. The minimum absolute atomic E-state index is 0.0972. The van der Waals surface area contributed by atoms with Crippen LogP contribution in [-0.4, -0.2) is 21.7 Å². The molecule has 0 atom stereocenters. The largest absolute Gasteiger partial charge is 0.342 e. The zero-order valence-electron chi connectivity index (χ0n) is 9.70. The molecular formula is C12H13N3O2. The molecule has 88 valence electrons. The summed E-state index contributed by atoms with van der Waals surface area (Å²) >= 11 is 0. The normalized spacial score (nSPS) is 10.5. The number of carbonyl (C=O) groups is 2. The molecule has 5 nitrogen and oxygen atoms in total. The lowest BCUT2D eigenvalue weighted by Crippen LogP contribution is -2.14. The van der Waals surface area contributed by atoms with Gasteiger partial charge in [-0.05, 0) is 32.0 Å². The number of anilines is 1. The standard InChI is InChI=1S/C12H13N3O2/c1-7(16)5-12(17)15-9-3-4-10-11(6-9)14-8(2)13-10/h3-4,6H,5H2,1-2H3,(H,13,14)(H,15,17). The van der Waals surface area contributed by atoms with E-state index in [1.54, 1.807) is 12.1 Å². The number of hydrogen-bond donors (Lipinski definition) is 2. The molecule has 0 aliphatic rings. The number of hydrogen-bond acceptors (Lipinski definition) is 3. The topological polar surface area (TPSA) is 74.8 Å². The van der Waals surface area contributed by atoms with Crippen LogP contribution in [-0.2, 0) is 9.59 Å². The van der Waals surface area contributed by atoms with Gasteiger partial charge in [-0.15, -0.1) is 0 Å². The second-order valence-corrected chi connectivity index (χ2v) is 3.98. The Morgan fingerprint density at radius 1 is 1.41 bits per heavy atom. The monoisotopic (exact) mass is 231 g/mol. The lowest BCUT2D eigenvalue weighted by molar-refractivity contribution is -0.124. The van der Waals surface area contributed by atoms with Crippen molar-refractivity contribution in [3.05, 3.63) is 24.0 Å². The fraction of sp³-hybridized carbons (Fsp3) is 0.250. The second-order valence-electron chi connectivity index (χ2n) is 3.98. The lowest BCUT2D eigenvalue weighted by Gasteiger charge is -2.03. The number of imidazole rings is 1. The van der Waals surface area contributed by atoms with Gasteiger partial charge in [-0.1, -0.05) is 0 Å². The van der Waals surface area contributed by atoms with Gasteiger partial charge >= 0.3 is 0 Å². The molecule has 2 aromatic rings. The molecule has 0 fully saturated rings. The summed E-state index contributed by atoms with van der Waals surface area (Å²) in [6.07, 6.45) is -0.0972. The van der Waals surface area contributed by atoms with E-state index in [4.69, 9.17) is 0 Å². The molecule has 5 heteroatoms. The highest BCUT2D eigenvalue weighted by molar-refractivity contribution is 6.04. The Labute approximate surface area is 98.2 Å². The highest BCUT2D eigenvalue weighted by Gasteiger charge is 2.06. The maximum absolute atomic E-state index is 11.4. The Morgan fingerprint density at radius 2 is 2.18 bits per heavy atom. The van der Waals surface area contributed by atoms with Gasteiger partial charge in [0.1, 0.15) is 11.6 Å². The number of nitrogens with one attached hydrogen (secondary N) is 2. The van der Waals surface area contributed by atoms with Crippen molar-refractivity contribution >= 4 is 28.4 Å². The van der Waals surface area contributed by atoms with Crippen LogP contribution in [0.25, 0.3) is 11.0 Å². The predicted octanol–water partition coefficient (Wildman–Crippen LogP) is 1.79. The molecule has 0 spiro atoms. The summed E-state index contributed by atoms with van der Waals surface area (Å²) in [5, 5.41) is 2.67. The zero-order valence-corrected chi connectivity index (χ0v) is 9.70. The summed E-state index contributed by atoms with van der Waals surface area (Å²) in [5.41, 5.74) is 2.38. The molecule has 17 heavy (non-hydrogen) atoms. The molecule has 0 radical (unpaired) electrons. The highest BCUT2D eigenvalue weighted by Crippen LogP contribution is 2.17. The van der Waals surface area contributed by atoms with Crippen molar-refractivity contribution in [1.82, 2.24) is 9.97 Å². The molecule has 1 aromatic carbocycles. The molecule has 0 aliphatic heterocycles. The Hall–Kier alpha value is -2.17. The number of rotatable bonds is 3. The van der Waals surface area contributed by atoms with E-state index in [-0.39, 0.29) is 18.1 Å². The van der Waals surface area contributed by atoms with Gasteiger partial charge in [0.25, 0.3) is 0 Å². The van der Waals surface area contributed by atoms with Crippen LogP contribution < -0.4 is 5.32 Å². The van der Waals surface area contributed by atoms with Gasteiger partial charge in [-0.2, -0.15) is 0 Å². The van der Waals surface area contributed by atoms with E-state index < -0.39 is 0 Å². The first-order valence-electron chi connectivity index (χ1n) is 5.30. The van der Waals surface area contributed by atoms with Crippen molar-refractivity contribution in [1.29, 1.82) is 0 Å². The first kappa shape index (κ1) is 11.3. The molecular weight excluding hydrogens is 218 g/mol. The van der Waals surface area contributed by atoms with Crippen LogP contribution in [0.5, 0.6) is 0 Å². The molecule has 0 unspecified atom stereocenters. The summed E-state index contributed by atoms with van der Waals surface area (Å²) < 4.78 is 0. The Morgan fingerprint density at radius 3 is 2.88 bits per heavy atom. The lowest BCUT2D eigenvalue weighted by atomic mass is 10.2. The van der Waals surface area contributed by atoms with E-state index >= 15 is 0 Å². The minimum atomic E-state index is -0.298. The number of carbonyl (C=O) groups excluding carboxylic acids is 2. The summed E-state index contributed by atoms with van der Waals surface area (Å²) in [5.74, 6) is 0.376. The molecule has 1 amide bonds. The summed E-state index contributed by atoms with van der Waals surface area (Å²) in [4.78, 5) is 29.5. The third-order valence-electron chi connectivity index (χ3n) is 2.29. The molecule has 1 heterocycles. The van der Waals surface area contributed by atoms with Crippen molar-refractivity contribution in [2.75, 3.05) is 5.32 Å². The number of amides is 1. The van der Waals surface area contributed by atoms with E-state index in [0.29, 0.717) is 5.69 Å². The highest BCUT2D eigenvalue weighted by atomic mass is 16.2. The average molecular weight is 231 g/mol. The van der Waals surface area contributed by atoms with E-state index in [9.17, 15) is 9.59 Å². The maximum Gasteiger partial charge on any atom is 0.231 e. The number of aromatic amines is 1. The predicted molar refractivity (Wildman–Crippen MR) is 64.8 cm³/mol. The third-order valence-corrected chi connectivity index (χ3v) is 2.29. The molecule has 0 saturated heterocycles. The molecule has 0 aliphatic carbocycles. The molecule has 2 rings (SSSR count). The van der Waals surface area contributed by atoms with Crippen LogP contribution in [0.1, 0.15) is 19.2 Å². The van der Waals surface area contributed by atoms with E-state index in [0.717, 1.165) is 16.9 Å². The molecule has 0 bridgehead atoms. The number of ketones is 1. The van der Waals surface area contributed by atoms with Crippen LogP contribution in [0.4, 0.5) is 5.69 Å². The molecule has 0 saturated carbocycles. The van der Waals surface area contributed by atoms with E-state index in [1.165, 1.54) is 6.92 Å². The number of benzene rings is 1. The molecule has 2 N–H and O–H groups in total. The van der Waals surface area contributed by atoms with Crippen molar-refractivity contribution in [3.8, 4) is 0 Å². The zero-order chi connectivity index (χ0) is 12.4. The van der Waals surface area contributed by atoms with Crippen molar-refractivity contribution < 1.29 is 9.59 Å².